The van der Waals surface area contributed by atoms with Gasteiger partial charge in [-0.3, -0.25) is 9.69 Å². The number of ether oxygens (including phenoxy) is 2. The molecule has 3 rings (SSSR count). The van der Waals surface area contributed by atoms with Crippen LogP contribution >= 0.6 is 11.6 Å². The molecule has 1 unspecified atom stereocenters. The molecular formula is C22H26ClFN2O3. The minimum Gasteiger partial charge on any atom is -0.383 e. The van der Waals surface area contributed by atoms with Crippen LogP contribution in [0.25, 0.3) is 0 Å². The van der Waals surface area contributed by atoms with Gasteiger partial charge in [-0.1, -0.05) is 35.9 Å². The second-order valence-electron chi connectivity index (χ2n) is 7.07. The number of methoxy groups -OCH3 is 1. The van der Waals surface area contributed by atoms with Gasteiger partial charge in [-0.15, -0.1) is 0 Å². The smallest absolute Gasteiger partial charge is 0.254 e. The summed E-state index contributed by atoms with van der Waals surface area (Å²) in [5.41, 5.74) is 1.40. The Kier molecular flexibility index (Phi) is 8.00. The van der Waals surface area contributed by atoms with Gasteiger partial charge in [-0.25, -0.2) is 4.39 Å². The third kappa shape index (κ3) is 6.24. The van der Waals surface area contributed by atoms with E-state index >= 15 is 0 Å². The van der Waals surface area contributed by atoms with Crippen LogP contribution in [-0.4, -0.2) is 68.3 Å². The summed E-state index contributed by atoms with van der Waals surface area (Å²) >= 11 is 6.29. The summed E-state index contributed by atoms with van der Waals surface area (Å²) in [6.45, 7) is 4.03. The van der Waals surface area contributed by atoms with E-state index in [2.05, 4.69) is 4.90 Å². The molecule has 1 amide bonds. The van der Waals surface area contributed by atoms with Crippen molar-refractivity contribution < 1.29 is 18.7 Å². The topological polar surface area (TPSA) is 42.0 Å². The lowest BCUT2D eigenvalue weighted by molar-refractivity contribution is -0.0444. The van der Waals surface area contributed by atoms with Crippen LogP contribution < -0.4 is 0 Å². The Morgan fingerprint density at radius 2 is 2.14 bits per heavy atom. The molecule has 0 bridgehead atoms. The van der Waals surface area contributed by atoms with Crippen LogP contribution in [0.1, 0.15) is 15.9 Å². The molecule has 1 heterocycles. The zero-order valence-corrected chi connectivity index (χ0v) is 17.3. The number of carbonyl (C=O) groups is 1. The monoisotopic (exact) mass is 420 g/mol. The Hall–Kier alpha value is -1.99. The van der Waals surface area contributed by atoms with Crippen LogP contribution in [0.5, 0.6) is 0 Å². The fourth-order valence-electron chi connectivity index (χ4n) is 3.43. The third-order valence-corrected chi connectivity index (χ3v) is 5.29. The molecule has 2 aromatic rings. The number of hydrogen-bond donors (Lipinski definition) is 0. The van der Waals surface area contributed by atoms with Gasteiger partial charge in [0.05, 0.1) is 19.3 Å². The number of rotatable bonds is 8. The minimum atomic E-state index is -0.428. The lowest BCUT2D eigenvalue weighted by atomic mass is 10.1. The first-order valence-corrected chi connectivity index (χ1v) is 10.1. The Bertz CT molecular complexity index is 820. The molecule has 0 saturated carbocycles. The highest BCUT2D eigenvalue weighted by Gasteiger charge is 2.26. The fourth-order valence-corrected chi connectivity index (χ4v) is 3.62. The summed E-state index contributed by atoms with van der Waals surface area (Å²) in [6, 6.07) is 13.5. The molecule has 5 nitrogen and oxygen atoms in total. The number of hydrogen-bond acceptors (Lipinski definition) is 4. The van der Waals surface area contributed by atoms with Gasteiger partial charge in [0.2, 0.25) is 0 Å². The Balaban J connectivity index is 1.65. The number of amides is 1. The fraction of sp³-hybridized carbons (Fsp3) is 0.409. The van der Waals surface area contributed by atoms with Crippen molar-refractivity contribution in [3.63, 3.8) is 0 Å². The second-order valence-corrected chi connectivity index (χ2v) is 7.48. The first-order chi connectivity index (χ1) is 14.1. The number of nitrogens with zero attached hydrogens (tertiary/aromatic N) is 2. The van der Waals surface area contributed by atoms with Crippen molar-refractivity contribution in [3.05, 3.63) is 70.5 Å². The van der Waals surface area contributed by atoms with Crippen molar-refractivity contribution in [3.8, 4) is 0 Å². The van der Waals surface area contributed by atoms with Gasteiger partial charge in [0, 0.05) is 50.4 Å². The molecule has 1 aliphatic heterocycles. The molecule has 1 aliphatic rings. The van der Waals surface area contributed by atoms with Crippen LogP contribution in [0.4, 0.5) is 4.39 Å². The second kappa shape index (κ2) is 10.7. The van der Waals surface area contributed by atoms with Crippen LogP contribution in [0.2, 0.25) is 5.02 Å². The molecule has 1 saturated heterocycles. The van der Waals surface area contributed by atoms with Gasteiger partial charge < -0.3 is 14.4 Å². The first kappa shape index (κ1) is 21.7. The van der Waals surface area contributed by atoms with E-state index in [4.69, 9.17) is 21.1 Å². The average Bonchev–Trinajstić information content (AvgIpc) is 2.72. The summed E-state index contributed by atoms with van der Waals surface area (Å²) in [7, 11) is 1.59. The van der Waals surface area contributed by atoms with Crippen LogP contribution in [-0.2, 0) is 16.0 Å². The van der Waals surface area contributed by atoms with Crippen molar-refractivity contribution in [2.24, 2.45) is 0 Å². The molecule has 1 atom stereocenters. The molecule has 7 heteroatoms. The van der Waals surface area contributed by atoms with Crippen molar-refractivity contribution in [1.82, 2.24) is 9.80 Å². The average molecular weight is 421 g/mol. The van der Waals surface area contributed by atoms with Gasteiger partial charge in [0.15, 0.2) is 0 Å². The number of morpholine rings is 1. The van der Waals surface area contributed by atoms with Gasteiger partial charge in [-0.2, -0.15) is 0 Å². The van der Waals surface area contributed by atoms with Crippen LogP contribution in [0.15, 0.2) is 48.5 Å². The van der Waals surface area contributed by atoms with Gasteiger partial charge in [-0.05, 0) is 29.8 Å². The predicted octanol–water partition coefficient (Wildman–Crippen LogP) is 3.47. The number of benzene rings is 2. The van der Waals surface area contributed by atoms with Crippen molar-refractivity contribution in [1.29, 1.82) is 0 Å². The lowest BCUT2D eigenvalue weighted by Gasteiger charge is -2.36. The zero-order chi connectivity index (χ0) is 20.6. The number of carbonyl (C=O) groups excluding carboxylic acids is 1. The van der Waals surface area contributed by atoms with Gasteiger partial charge in [0.25, 0.3) is 5.91 Å². The Labute approximate surface area is 176 Å². The maximum atomic E-state index is 13.6. The highest BCUT2D eigenvalue weighted by atomic mass is 35.5. The zero-order valence-electron chi connectivity index (χ0n) is 16.5. The maximum Gasteiger partial charge on any atom is 0.254 e. The molecule has 29 heavy (non-hydrogen) atoms. The summed E-state index contributed by atoms with van der Waals surface area (Å²) < 4.78 is 24.6. The van der Waals surface area contributed by atoms with E-state index in [0.717, 1.165) is 23.7 Å². The quantitative estimate of drug-likeness (QED) is 0.655. The maximum absolute atomic E-state index is 13.6. The molecule has 1 fully saturated rings. The van der Waals surface area contributed by atoms with Gasteiger partial charge >= 0.3 is 0 Å². The predicted molar refractivity (Wildman–Crippen MR) is 111 cm³/mol. The first-order valence-electron chi connectivity index (χ1n) is 9.68. The molecule has 0 spiro atoms. The molecule has 0 aliphatic carbocycles. The largest absolute Gasteiger partial charge is 0.383 e. The van der Waals surface area contributed by atoms with E-state index in [9.17, 15) is 9.18 Å². The molecule has 0 N–H and O–H groups in total. The normalized spacial score (nSPS) is 17.3. The van der Waals surface area contributed by atoms with E-state index in [-0.39, 0.29) is 12.0 Å². The van der Waals surface area contributed by atoms with E-state index in [1.807, 2.05) is 24.3 Å². The van der Waals surface area contributed by atoms with Crippen molar-refractivity contribution in [2.45, 2.75) is 12.6 Å². The van der Waals surface area contributed by atoms with Crippen molar-refractivity contribution >= 4 is 17.5 Å². The van der Waals surface area contributed by atoms with Gasteiger partial charge in [0.1, 0.15) is 5.82 Å². The summed E-state index contributed by atoms with van der Waals surface area (Å²) in [5, 5.41) is 0.749. The molecule has 0 aromatic heterocycles. The summed E-state index contributed by atoms with van der Waals surface area (Å²) in [4.78, 5) is 16.9. The van der Waals surface area contributed by atoms with Crippen LogP contribution in [0.3, 0.4) is 0 Å². The van der Waals surface area contributed by atoms with E-state index in [0.29, 0.717) is 38.4 Å². The SMILES string of the molecule is COCCN(CC1CN(Cc2ccccc2Cl)CCO1)C(=O)c1cccc(F)c1. The van der Waals surface area contributed by atoms with Crippen molar-refractivity contribution in [2.75, 3.05) is 46.5 Å². The minimum absolute atomic E-state index is 0.138. The molecule has 156 valence electrons. The Morgan fingerprint density at radius 3 is 2.90 bits per heavy atom. The lowest BCUT2D eigenvalue weighted by Crippen LogP contribution is -2.49. The molecular weight excluding hydrogens is 395 g/mol. The standard InChI is InChI=1S/C22H26ClFN2O3/c1-28-11-10-26(22(27)17-6-4-7-19(24)13-17)16-20-15-25(9-12-29-20)14-18-5-2-3-8-21(18)23/h2-8,13,20H,9-12,14-16H2,1H3. The van der Waals surface area contributed by atoms with E-state index in [1.165, 1.54) is 12.1 Å². The third-order valence-electron chi connectivity index (χ3n) is 4.92. The molecule has 2 aromatic carbocycles. The highest BCUT2D eigenvalue weighted by molar-refractivity contribution is 6.31. The summed E-state index contributed by atoms with van der Waals surface area (Å²) in [5.74, 6) is -0.657. The van der Waals surface area contributed by atoms with Crippen LogP contribution in [0, 0.1) is 5.82 Å². The van der Waals surface area contributed by atoms with E-state index < -0.39 is 5.82 Å². The molecule has 0 radical (unpaired) electrons. The Morgan fingerprint density at radius 1 is 1.31 bits per heavy atom. The number of halogens is 2. The highest BCUT2D eigenvalue weighted by Crippen LogP contribution is 2.19. The summed E-state index contributed by atoms with van der Waals surface area (Å²) in [6.07, 6.45) is -0.138. The van der Waals surface area contributed by atoms with E-state index in [1.54, 1.807) is 24.1 Å².